The van der Waals surface area contributed by atoms with Gasteiger partial charge in [-0.15, -0.1) is 0 Å². The molecule has 0 aliphatic heterocycles. The largest absolute Gasteiger partial charge is 0.282 e. The molecule has 0 spiro atoms. The maximum atomic E-state index is 13.5. The number of aryl methyl sites for hydroxylation is 2. The molecule has 0 saturated heterocycles. The lowest BCUT2D eigenvalue weighted by molar-refractivity contribution is 0.557. The van der Waals surface area contributed by atoms with Crippen LogP contribution in [-0.4, -0.2) is 13.4 Å². The topological polar surface area (TPSA) is 59.1 Å². The summed E-state index contributed by atoms with van der Waals surface area (Å²) >= 11 is 3.40. The zero-order valence-electron chi connectivity index (χ0n) is 10.8. The molecule has 4 nitrogen and oxygen atoms in total. The van der Waals surface area contributed by atoms with E-state index in [1.165, 1.54) is 12.3 Å². The van der Waals surface area contributed by atoms with Gasteiger partial charge < -0.3 is 0 Å². The molecule has 2 aromatic rings. The van der Waals surface area contributed by atoms with E-state index in [1.54, 1.807) is 12.1 Å². The Labute approximate surface area is 125 Å². The molecule has 1 heterocycles. The van der Waals surface area contributed by atoms with Crippen molar-refractivity contribution in [2.24, 2.45) is 0 Å². The van der Waals surface area contributed by atoms with Crippen LogP contribution >= 0.6 is 15.9 Å². The predicted octanol–water partition coefficient (Wildman–Crippen LogP) is 3.40. The van der Waals surface area contributed by atoms with E-state index < -0.39 is 20.9 Å². The van der Waals surface area contributed by atoms with Crippen LogP contribution in [0.25, 0.3) is 0 Å². The number of nitrogens with one attached hydrogen (secondary N) is 1. The summed E-state index contributed by atoms with van der Waals surface area (Å²) in [5, 5.41) is -0.613. The highest BCUT2D eigenvalue weighted by Gasteiger charge is 2.20. The first-order valence-electron chi connectivity index (χ1n) is 5.71. The first-order chi connectivity index (χ1) is 9.31. The van der Waals surface area contributed by atoms with Gasteiger partial charge in [-0.1, -0.05) is 15.9 Å². The fraction of sp³-hybridized carbons (Fsp3) is 0.154. The Morgan fingerprint density at radius 1 is 1.25 bits per heavy atom. The minimum absolute atomic E-state index is 0.369. The number of pyridine rings is 1. The molecule has 0 aliphatic rings. The number of hydrogen-bond acceptors (Lipinski definition) is 3. The van der Waals surface area contributed by atoms with E-state index in [4.69, 9.17) is 0 Å². The number of nitrogens with zero attached hydrogens (tertiary/aromatic N) is 1. The average Bonchev–Trinajstić information content (AvgIpc) is 2.35. The molecule has 1 aromatic carbocycles. The fourth-order valence-electron chi connectivity index (χ4n) is 1.78. The lowest BCUT2D eigenvalue weighted by Gasteiger charge is -2.11. The number of aromatic nitrogens is 1. The van der Waals surface area contributed by atoms with Gasteiger partial charge in [-0.25, -0.2) is 9.37 Å². The van der Waals surface area contributed by atoms with Gasteiger partial charge in [0.05, 0.1) is 0 Å². The summed E-state index contributed by atoms with van der Waals surface area (Å²) in [6, 6.07) is 5.72. The van der Waals surface area contributed by atoms with E-state index in [2.05, 4.69) is 25.6 Å². The molecule has 2 rings (SSSR count). The Morgan fingerprint density at radius 3 is 2.40 bits per heavy atom. The average molecular weight is 359 g/mol. The van der Waals surface area contributed by atoms with Gasteiger partial charge in [-0.2, -0.15) is 8.42 Å². The molecule has 0 aliphatic carbocycles. The molecular formula is C13H12BrFN2O2S. The van der Waals surface area contributed by atoms with Gasteiger partial charge in [0.15, 0.2) is 5.82 Å². The monoisotopic (exact) mass is 358 g/mol. The number of sulfonamides is 1. The van der Waals surface area contributed by atoms with E-state index in [-0.39, 0.29) is 0 Å². The van der Waals surface area contributed by atoms with Gasteiger partial charge >= 0.3 is 0 Å². The van der Waals surface area contributed by atoms with Crippen LogP contribution in [0.4, 0.5) is 10.1 Å². The Balaban J connectivity index is 2.42. The van der Waals surface area contributed by atoms with Crippen LogP contribution in [0, 0.1) is 19.7 Å². The van der Waals surface area contributed by atoms with E-state index in [9.17, 15) is 12.8 Å². The minimum atomic E-state index is -4.04. The molecule has 0 unspecified atom stereocenters. The van der Waals surface area contributed by atoms with Gasteiger partial charge in [0.1, 0.15) is 0 Å². The van der Waals surface area contributed by atoms with Crippen molar-refractivity contribution >= 4 is 31.6 Å². The second-order valence-electron chi connectivity index (χ2n) is 4.32. The van der Waals surface area contributed by atoms with Crippen LogP contribution < -0.4 is 4.72 Å². The first-order valence-corrected chi connectivity index (χ1v) is 7.99. The highest BCUT2D eigenvalue weighted by atomic mass is 79.9. The van der Waals surface area contributed by atoms with Crippen molar-refractivity contribution < 1.29 is 12.8 Å². The summed E-state index contributed by atoms with van der Waals surface area (Å²) in [6.07, 6.45) is 1.23. The quantitative estimate of drug-likeness (QED) is 0.914. The van der Waals surface area contributed by atoms with Crippen LogP contribution in [0.15, 0.2) is 40.0 Å². The lowest BCUT2D eigenvalue weighted by atomic mass is 10.1. The molecule has 0 radical (unpaired) electrons. The molecule has 20 heavy (non-hydrogen) atoms. The molecule has 0 amide bonds. The molecular weight excluding hydrogens is 347 g/mol. The lowest BCUT2D eigenvalue weighted by Crippen LogP contribution is -2.16. The molecule has 1 N–H and O–H groups in total. The molecule has 7 heteroatoms. The number of hydrogen-bond donors (Lipinski definition) is 1. The Morgan fingerprint density at radius 2 is 1.85 bits per heavy atom. The number of anilines is 1. The first kappa shape index (κ1) is 14.9. The predicted molar refractivity (Wildman–Crippen MR) is 78.6 cm³/mol. The van der Waals surface area contributed by atoms with Crippen molar-refractivity contribution in [2.75, 3.05) is 4.72 Å². The summed E-state index contributed by atoms with van der Waals surface area (Å²) in [6.45, 7) is 3.69. The SMILES string of the molecule is Cc1cc(NS(=O)(=O)c2ncccc2F)cc(C)c1Br. The number of benzene rings is 1. The maximum absolute atomic E-state index is 13.5. The Hall–Kier alpha value is -1.47. The van der Waals surface area contributed by atoms with Crippen molar-refractivity contribution in [1.29, 1.82) is 0 Å². The summed E-state index contributed by atoms with van der Waals surface area (Å²) in [5.74, 6) is -0.884. The van der Waals surface area contributed by atoms with E-state index in [0.717, 1.165) is 21.7 Å². The van der Waals surface area contributed by atoms with Gasteiger partial charge in [0, 0.05) is 16.4 Å². The van der Waals surface area contributed by atoms with Crippen molar-refractivity contribution in [3.05, 3.63) is 51.9 Å². The van der Waals surface area contributed by atoms with Crippen LogP contribution in [0.2, 0.25) is 0 Å². The normalized spacial score (nSPS) is 11.4. The van der Waals surface area contributed by atoms with Crippen molar-refractivity contribution in [3.63, 3.8) is 0 Å². The Kier molecular flexibility index (Phi) is 4.10. The summed E-state index contributed by atoms with van der Waals surface area (Å²) in [5.41, 5.74) is 2.13. The van der Waals surface area contributed by atoms with Crippen molar-refractivity contribution in [1.82, 2.24) is 4.98 Å². The van der Waals surface area contributed by atoms with Gasteiger partial charge in [-0.05, 0) is 49.2 Å². The number of halogens is 2. The molecule has 0 bridgehead atoms. The number of rotatable bonds is 3. The van der Waals surface area contributed by atoms with Crippen molar-refractivity contribution in [3.8, 4) is 0 Å². The Bertz CT molecular complexity index is 740. The molecule has 0 fully saturated rings. The van der Waals surface area contributed by atoms with E-state index >= 15 is 0 Å². The second kappa shape index (κ2) is 5.49. The van der Waals surface area contributed by atoms with Gasteiger partial charge in [-0.3, -0.25) is 4.72 Å². The second-order valence-corrected chi connectivity index (χ2v) is 6.71. The zero-order valence-corrected chi connectivity index (χ0v) is 13.2. The van der Waals surface area contributed by atoms with Crippen LogP contribution in [0.1, 0.15) is 11.1 Å². The molecule has 0 atom stereocenters. The molecule has 1 aromatic heterocycles. The summed E-state index contributed by atoms with van der Waals surface area (Å²) < 4.78 is 41.0. The van der Waals surface area contributed by atoms with Gasteiger partial charge in [0.2, 0.25) is 5.03 Å². The van der Waals surface area contributed by atoms with Crippen LogP contribution in [0.5, 0.6) is 0 Å². The fourth-order valence-corrected chi connectivity index (χ4v) is 3.06. The summed E-state index contributed by atoms with van der Waals surface area (Å²) in [7, 11) is -4.04. The highest BCUT2D eigenvalue weighted by Crippen LogP contribution is 2.26. The standard InChI is InChI=1S/C13H12BrFN2O2S/c1-8-6-10(7-9(2)12(8)14)17-20(18,19)13-11(15)4-3-5-16-13/h3-7,17H,1-2H3. The maximum Gasteiger partial charge on any atom is 0.282 e. The van der Waals surface area contributed by atoms with Crippen molar-refractivity contribution in [2.45, 2.75) is 18.9 Å². The van der Waals surface area contributed by atoms with Gasteiger partial charge in [0.25, 0.3) is 10.0 Å². The van der Waals surface area contributed by atoms with Crippen LogP contribution in [-0.2, 0) is 10.0 Å². The summed E-state index contributed by atoms with van der Waals surface area (Å²) in [4.78, 5) is 3.57. The third-order valence-electron chi connectivity index (χ3n) is 2.67. The molecule has 0 saturated carbocycles. The zero-order chi connectivity index (χ0) is 14.9. The smallest absolute Gasteiger partial charge is 0.278 e. The van der Waals surface area contributed by atoms with E-state index in [1.807, 2.05) is 13.8 Å². The van der Waals surface area contributed by atoms with E-state index in [0.29, 0.717) is 5.69 Å². The molecule has 106 valence electrons. The van der Waals surface area contributed by atoms with Crippen LogP contribution in [0.3, 0.4) is 0 Å². The third-order valence-corrected chi connectivity index (χ3v) is 5.23. The third kappa shape index (κ3) is 2.99. The highest BCUT2D eigenvalue weighted by molar-refractivity contribution is 9.10. The minimum Gasteiger partial charge on any atom is -0.278 e.